The van der Waals surface area contributed by atoms with Crippen LogP contribution >= 0.6 is 0 Å². The highest BCUT2D eigenvalue weighted by Crippen LogP contribution is 2.24. The zero-order valence-electron chi connectivity index (χ0n) is 10.9. The summed E-state index contributed by atoms with van der Waals surface area (Å²) in [5, 5.41) is 0. The first kappa shape index (κ1) is 12.8. The van der Waals surface area contributed by atoms with E-state index in [2.05, 4.69) is 18.7 Å². The van der Waals surface area contributed by atoms with Gasteiger partial charge in [0.1, 0.15) is 6.61 Å². The molecule has 2 aliphatic heterocycles. The molecule has 17 heavy (non-hydrogen) atoms. The molecule has 0 radical (unpaired) electrons. The molecule has 2 heterocycles. The van der Waals surface area contributed by atoms with Crippen LogP contribution in [0.1, 0.15) is 13.8 Å². The Balaban J connectivity index is 2.02. The normalized spacial score (nSPS) is 30.1. The molecule has 2 saturated heterocycles. The number of morpholine rings is 1. The second-order valence-corrected chi connectivity index (χ2v) is 5.04. The number of nitrogens with zero attached hydrogens (tertiary/aromatic N) is 2. The molecule has 0 aromatic heterocycles. The molecule has 2 unspecified atom stereocenters. The number of amides is 1. The van der Waals surface area contributed by atoms with Crippen molar-refractivity contribution in [1.29, 1.82) is 0 Å². The van der Waals surface area contributed by atoms with Gasteiger partial charge in [0.25, 0.3) is 0 Å². The molecule has 0 aliphatic carbocycles. The minimum absolute atomic E-state index is 0.0916. The fourth-order valence-corrected chi connectivity index (χ4v) is 2.60. The molecule has 0 spiro atoms. The van der Waals surface area contributed by atoms with Crippen LogP contribution < -0.4 is 0 Å². The van der Waals surface area contributed by atoms with Gasteiger partial charge in [-0.15, -0.1) is 0 Å². The smallest absolute Gasteiger partial charge is 0.249 e. The van der Waals surface area contributed by atoms with Crippen molar-refractivity contribution in [2.45, 2.75) is 32.0 Å². The maximum atomic E-state index is 11.8. The monoisotopic (exact) mass is 242 g/mol. The van der Waals surface area contributed by atoms with Crippen molar-refractivity contribution in [2.24, 2.45) is 0 Å². The molecule has 2 atom stereocenters. The molecular weight excluding hydrogens is 220 g/mol. The Morgan fingerprint density at radius 1 is 1.47 bits per heavy atom. The second-order valence-electron chi connectivity index (χ2n) is 5.04. The first-order valence-electron chi connectivity index (χ1n) is 6.27. The van der Waals surface area contributed by atoms with Crippen LogP contribution in [0.4, 0.5) is 0 Å². The van der Waals surface area contributed by atoms with Crippen molar-refractivity contribution in [3.05, 3.63) is 0 Å². The summed E-state index contributed by atoms with van der Waals surface area (Å²) in [7, 11) is 1.66. The van der Waals surface area contributed by atoms with E-state index in [1.807, 2.05) is 4.90 Å². The zero-order valence-corrected chi connectivity index (χ0v) is 10.9. The number of carbonyl (C=O) groups is 1. The largest absolute Gasteiger partial charge is 0.383 e. The van der Waals surface area contributed by atoms with E-state index in [0.29, 0.717) is 19.2 Å². The van der Waals surface area contributed by atoms with E-state index in [4.69, 9.17) is 9.47 Å². The molecule has 2 rings (SSSR count). The lowest BCUT2D eigenvalue weighted by molar-refractivity contribution is -0.153. The summed E-state index contributed by atoms with van der Waals surface area (Å²) in [4.78, 5) is 16.1. The molecule has 0 aromatic rings. The van der Waals surface area contributed by atoms with Gasteiger partial charge < -0.3 is 14.4 Å². The predicted molar refractivity (Wildman–Crippen MR) is 63.8 cm³/mol. The fourth-order valence-electron chi connectivity index (χ4n) is 2.60. The predicted octanol–water partition coefficient (Wildman–Crippen LogP) is -0.0472. The summed E-state index contributed by atoms with van der Waals surface area (Å²) in [6.07, 6.45) is 0.173. The molecular formula is C12H22N2O3. The molecule has 0 bridgehead atoms. The number of methoxy groups -OCH3 is 1. The third kappa shape index (κ3) is 2.61. The molecule has 98 valence electrons. The first-order valence-corrected chi connectivity index (χ1v) is 6.27. The highest BCUT2D eigenvalue weighted by molar-refractivity contribution is 5.78. The zero-order chi connectivity index (χ0) is 12.4. The van der Waals surface area contributed by atoms with Crippen molar-refractivity contribution < 1.29 is 14.3 Å². The fraction of sp³-hybridized carbons (Fsp3) is 0.917. The number of rotatable bonds is 4. The average molecular weight is 242 g/mol. The van der Waals surface area contributed by atoms with E-state index in [9.17, 15) is 4.79 Å². The van der Waals surface area contributed by atoms with Gasteiger partial charge in [0, 0.05) is 32.8 Å². The first-order chi connectivity index (χ1) is 8.13. The number of likely N-dealkylation sites (tertiary alicyclic amines) is 1. The Hall–Kier alpha value is -0.650. The van der Waals surface area contributed by atoms with Crippen molar-refractivity contribution >= 4 is 5.91 Å². The minimum Gasteiger partial charge on any atom is -0.383 e. The number of hydrogen-bond donors (Lipinski definition) is 0. The van der Waals surface area contributed by atoms with Gasteiger partial charge in [-0.25, -0.2) is 0 Å². The van der Waals surface area contributed by atoms with Gasteiger partial charge in [-0.1, -0.05) is 0 Å². The van der Waals surface area contributed by atoms with Crippen molar-refractivity contribution in [3.8, 4) is 0 Å². The summed E-state index contributed by atoms with van der Waals surface area (Å²) >= 11 is 0. The molecule has 1 amide bonds. The molecule has 5 nitrogen and oxygen atoms in total. The van der Waals surface area contributed by atoms with Gasteiger partial charge in [0.05, 0.1) is 18.8 Å². The number of carbonyl (C=O) groups excluding carboxylic acids is 1. The lowest BCUT2D eigenvalue weighted by atomic mass is 10.1. The van der Waals surface area contributed by atoms with Gasteiger partial charge in [0.15, 0.2) is 0 Å². The Morgan fingerprint density at radius 3 is 2.88 bits per heavy atom. The summed E-state index contributed by atoms with van der Waals surface area (Å²) in [6.45, 7) is 7.69. The third-order valence-corrected chi connectivity index (χ3v) is 3.67. The minimum atomic E-state index is 0.0916. The third-order valence-electron chi connectivity index (χ3n) is 3.67. The topological polar surface area (TPSA) is 42.0 Å². The van der Waals surface area contributed by atoms with E-state index in [1.54, 1.807) is 7.11 Å². The summed E-state index contributed by atoms with van der Waals surface area (Å²) in [5.41, 5.74) is 0. The highest BCUT2D eigenvalue weighted by atomic mass is 16.5. The van der Waals surface area contributed by atoms with Crippen LogP contribution in [0.5, 0.6) is 0 Å². The quantitative estimate of drug-likeness (QED) is 0.693. The second kappa shape index (κ2) is 5.33. The van der Waals surface area contributed by atoms with E-state index >= 15 is 0 Å². The van der Waals surface area contributed by atoms with Crippen LogP contribution in [-0.2, 0) is 14.3 Å². The Bertz CT molecular complexity index is 283. The maximum Gasteiger partial charge on any atom is 0.249 e. The van der Waals surface area contributed by atoms with Crippen LogP contribution in [0.25, 0.3) is 0 Å². The summed E-state index contributed by atoms with van der Waals surface area (Å²) in [6, 6.07) is 0.706. The summed E-state index contributed by atoms with van der Waals surface area (Å²) in [5.74, 6) is 0.0916. The van der Waals surface area contributed by atoms with Crippen molar-refractivity contribution in [1.82, 2.24) is 9.80 Å². The number of fused-ring (bicyclic) bond motifs is 1. The molecule has 0 saturated carbocycles. The average Bonchev–Trinajstić information content (AvgIpc) is 2.72. The molecule has 0 N–H and O–H groups in total. The maximum absolute atomic E-state index is 11.8. The van der Waals surface area contributed by atoms with Gasteiger partial charge in [0.2, 0.25) is 5.91 Å². The number of hydrogen-bond acceptors (Lipinski definition) is 4. The summed E-state index contributed by atoms with van der Waals surface area (Å²) < 4.78 is 10.7. The lowest BCUT2D eigenvalue weighted by Gasteiger charge is -2.36. The Labute approximate surface area is 103 Å². The molecule has 5 heteroatoms. The van der Waals surface area contributed by atoms with Crippen LogP contribution in [0.15, 0.2) is 0 Å². The molecule has 2 fully saturated rings. The van der Waals surface area contributed by atoms with Crippen molar-refractivity contribution in [2.75, 3.05) is 40.0 Å². The van der Waals surface area contributed by atoms with Gasteiger partial charge >= 0.3 is 0 Å². The SMILES string of the molecule is COCCN1C(=O)COC2CN(C(C)C)CC21. The Kier molecular flexibility index (Phi) is 4.01. The molecule has 2 aliphatic rings. The van der Waals surface area contributed by atoms with Gasteiger partial charge in [-0.3, -0.25) is 9.69 Å². The van der Waals surface area contributed by atoms with Gasteiger partial charge in [-0.05, 0) is 13.8 Å². The lowest BCUT2D eigenvalue weighted by Crippen LogP contribution is -2.54. The van der Waals surface area contributed by atoms with E-state index in [-0.39, 0.29) is 24.7 Å². The van der Waals surface area contributed by atoms with E-state index < -0.39 is 0 Å². The van der Waals surface area contributed by atoms with Crippen LogP contribution in [0.3, 0.4) is 0 Å². The van der Waals surface area contributed by atoms with Gasteiger partial charge in [-0.2, -0.15) is 0 Å². The van der Waals surface area contributed by atoms with Crippen LogP contribution in [0.2, 0.25) is 0 Å². The van der Waals surface area contributed by atoms with Crippen LogP contribution in [0, 0.1) is 0 Å². The van der Waals surface area contributed by atoms with Crippen molar-refractivity contribution in [3.63, 3.8) is 0 Å². The Morgan fingerprint density at radius 2 is 2.24 bits per heavy atom. The van der Waals surface area contributed by atoms with E-state index in [1.165, 1.54) is 0 Å². The van der Waals surface area contributed by atoms with E-state index in [0.717, 1.165) is 13.1 Å². The van der Waals surface area contributed by atoms with Crippen LogP contribution in [-0.4, -0.2) is 73.9 Å². The highest BCUT2D eigenvalue weighted by Gasteiger charge is 2.43. The standard InChI is InChI=1S/C12H22N2O3/c1-9(2)13-6-10-11(7-13)17-8-12(15)14(10)4-5-16-3/h9-11H,4-8H2,1-3H3. The number of ether oxygens (including phenoxy) is 2. The molecule has 0 aromatic carbocycles.